The predicted molar refractivity (Wildman–Crippen MR) is 46.6 cm³/mol. The lowest BCUT2D eigenvalue weighted by atomic mass is 10.0. The van der Waals surface area contributed by atoms with Gasteiger partial charge >= 0.3 is 0 Å². The van der Waals surface area contributed by atoms with Crippen LogP contribution in [0.4, 0.5) is 8.78 Å². The SMILES string of the molecule is C[C@@H](C[N+](=O)[O-])c1cc(F)ccc1F. The standard InChI is InChI=1S/C9H9F2NO2/c1-6(5-12(13)14)8-4-7(10)2-3-9(8)11/h2-4,6H,5H2,1H3/t6-/m0/s1. The van der Waals surface area contributed by atoms with Crippen LogP contribution in [-0.2, 0) is 0 Å². The highest BCUT2D eigenvalue weighted by atomic mass is 19.1. The average Bonchev–Trinajstić information content (AvgIpc) is 2.08. The molecule has 0 saturated carbocycles. The molecule has 0 aliphatic carbocycles. The molecular formula is C9H9F2NO2. The highest BCUT2D eigenvalue weighted by Crippen LogP contribution is 2.19. The lowest BCUT2D eigenvalue weighted by Crippen LogP contribution is -2.11. The third-order valence-electron chi connectivity index (χ3n) is 1.91. The van der Waals surface area contributed by atoms with E-state index in [0.29, 0.717) is 0 Å². The molecule has 1 rings (SSSR count). The predicted octanol–water partition coefficient (Wildman–Crippen LogP) is 2.35. The van der Waals surface area contributed by atoms with E-state index < -0.39 is 29.0 Å². The largest absolute Gasteiger partial charge is 0.265 e. The molecule has 0 heterocycles. The lowest BCUT2D eigenvalue weighted by molar-refractivity contribution is -0.482. The van der Waals surface area contributed by atoms with Gasteiger partial charge in [0.25, 0.3) is 0 Å². The summed E-state index contributed by atoms with van der Waals surface area (Å²) in [7, 11) is 0. The molecule has 76 valence electrons. The fourth-order valence-corrected chi connectivity index (χ4v) is 1.21. The Bertz CT molecular complexity index is 355. The van der Waals surface area contributed by atoms with Crippen LogP contribution >= 0.6 is 0 Å². The first kappa shape index (κ1) is 10.6. The maximum Gasteiger partial charge on any atom is 0.210 e. The summed E-state index contributed by atoms with van der Waals surface area (Å²) in [5, 5.41) is 10.2. The number of nitro groups is 1. The smallest absolute Gasteiger partial charge is 0.210 e. The normalized spacial score (nSPS) is 12.5. The van der Waals surface area contributed by atoms with E-state index in [1.165, 1.54) is 6.92 Å². The van der Waals surface area contributed by atoms with Gasteiger partial charge in [-0.05, 0) is 18.2 Å². The minimum Gasteiger partial charge on any atom is -0.265 e. The van der Waals surface area contributed by atoms with Crippen molar-refractivity contribution in [1.29, 1.82) is 0 Å². The summed E-state index contributed by atoms with van der Waals surface area (Å²) in [6.07, 6.45) is 0. The molecule has 1 aromatic rings. The number of benzene rings is 1. The Balaban J connectivity index is 2.93. The Morgan fingerprint density at radius 3 is 2.71 bits per heavy atom. The fraction of sp³-hybridized carbons (Fsp3) is 0.333. The van der Waals surface area contributed by atoms with E-state index in [9.17, 15) is 18.9 Å². The molecule has 5 heteroatoms. The monoisotopic (exact) mass is 201 g/mol. The molecule has 1 aromatic carbocycles. The Kier molecular flexibility index (Phi) is 3.11. The van der Waals surface area contributed by atoms with E-state index in [2.05, 4.69) is 0 Å². The van der Waals surface area contributed by atoms with Gasteiger partial charge < -0.3 is 0 Å². The topological polar surface area (TPSA) is 43.1 Å². The quantitative estimate of drug-likeness (QED) is 0.556. The summed E-state index contributed by atoms with van der Waals surface area (Å²) >= 11 is 0. The highest BCUT2D eigenvalue weighted by Gasteiger charge is 2.16. The summed E-state index contributed by atoms with van der Waals surface area (Å²) in [6.45, 7) is 1.08. The average molecular weight is 201 g/mol. The molecular weight excluding hydrogens is 192 g/mol. The van der Waals surface area contributed by atoms with Crippen molar-refractivity contribution in [2.24, 2.45) is 0 Å². The number of halogens is 2. The van der Waals surface area contributed by atoms with Crippen molar-refractivity contribution in [3.63, 3.8) is 0 Å². The molecule has 0 aromatic heterocycles. The molecule has 3 nitrogen and oxygen atoms in total. The van der Waals surface area contributed by atoms with Crippen molar-refractivity contribution in [2.45, 2.75) is 12.8 Å². The van der Waals surface area contributed by atoms with Gasteiger partial charge in [0.1, 0.15) is 11.6 Å². The van der Waals surface area contributed by atoms with Gasteiger partial charge in [-0.3, -0.25) is 10.1 Å². The Labute approximate surface area is 79.5 Å². The molecule has 0 fully saturated rings. The third-order valence-corrected chi connectivity index (χ3v) is 1.91. The molecule has 0 spiro atoms. The van der Waals surface area contributed by atoms with Gasteiger partial charge in [-0.15, -0.1) is 0 Å². The summed E-state index contributed by atoms with van der Waals surface area (Å²) in [4.78, 5) is 9.62. The van der Waals surface area contributed by atoms with Gasteiger partial charge in [0.05, 0.1) is 0 Å². The minimum absolute atomic E-state index is 0.0432. The van der Waals surface area contributed by atoms with E-state index in [1.54, 1.807) is 0 Å². The molecule has 14 heavy (non-hydrogen) atoms. The number of rotatable bonds is 3. The van der Waals surface area contributed by atoms with Crippen molar-refractivity contribution in [2.75, 3.05) is 6.54 Å². The Morgan fingerprint density at radius 2 is 2.14 bits per heavy atom. The van der Waals surface area contributed by atoms with E-state index >= 15 is 0 Å². The first-order chi connectivity index (χ1) is 6.50. The second-order valence-electron chi connectivity index (χ2n) is 3.08. The molecule has 0 amide bonds. The molecule has 0 aliphatic heterocycles. The first-order valence-corrected chi connectivity index (χ1v) is 4.07. The first-order valence-electron chi connectivity index (χ1n) is 4.07. The molecule has 1 atom stereocenters. The van der Waals surface area contributed by atoms with Crippen LogP contribution in [0.3, 0.4) is 0 Å². The van der Waals surface area contributed by atoms with Crippen molar-refractivity contribution in [3.8, 4) is 0 Å². The number of nitrogens with zero attached hydrogens (tertiary/aromatic N) is 1. The summed E-state index contributed by atoms with van der Waals surface area (Å²) in [5.41, 5.74) is 0.0432. The summed E-state index contributed by atoms with van der Waals surface area (Å²) < 4.78 is 25.8. The molecule has 0 saturated heterocycles. The van der Waals surface area contributed by atoms with Crippen LogP contribution in [0, 0.1) is 21.7 Å². The minimum atomic E-state index is -0.624. The zero-order valence-corrected chi connectivity index (χ0v) is 7.54. The van der Waals surface area contributed by atoms with E-state index in [0.717, 1.165) is 18.2 Å². The van der Waals surface area contributed by atoms with E-state index in [4.69, 9.17) is 0 Å². The van der Waals surface area contributed by atoms with Crippen LogP contribution in [0.15, 0.2) is 18.2 Å². The maximum atomic E-state index is 13.1. The van der Waals surface area contributed by atoms with Crippen LogP contribution in [0.25, 0.3) is 0 Å². The van der Waals surface area contributed by atoms with Crippen molar-refractivity contribution < 1.29 is 13.7 Å². The second-order valence-corrected chi connectivity index (χ2v) is 3.08. The second kappa shape index (κ2) is 4.13. The van der Waals surface area contributed by atoms with E-state index in [1.807, 2.05) is 0 Å². The molecule has 0 aliphatic rings. The molecule has 0 radical (unpaired) electrons. The van der Waals surface area contributed by atoms with Crippen LogP contribution in [0.5, 0.6) is 0 Å². The van der Waals surface area contributed by atoms with Crippen LogP contribution in [0.2, 0.25) is 0 Å². The van der Waals surface area contributed by atoms with Crippen LogP contribution < -0.4 is 0 Å². The number of hydrogen-bond acceptors (Lipinski definition) is 2. The maximum absolute atomic E-state index is 13.1. The molecule has 0 unspecified atom stereocenters. The van der Waals surface area contributed by atoms with Crippen molar-refractivity contribution >= 4 is 0 Å². The van der Waals surface area contributed by atoms with E-state index in [-0.39, 0.29) is 5.56 Å². The molecule has 0 bridgehead atoms. The van der Waals surface area contributed by atoms with Crippen LogP contribution in [-0.4, -0.2) is 11.5 Å². The van der Waals surface area contributed by atoms with Crippen molar-refractivity contribution in [1.82, 2.24) is 0 Å². The van der Waals surface area contributed by atoms with Gasteiger partial charge in [0.15, 0.2) is 0 Å². The molecule has 0 N–H and O–H groups in total. The lowest BCUT2D eigenvalue weighted by Gasteiger charge is -2.07. The number of hydrogen-bond donors (Lipinski definition) is 0. The zero-order valence-electron chi connectivity index (χ0n) is 7.54. The van der Waals surface area contributed by atoms with Crippen LogP contribution in [0.1, 0.15) is 18.4 Å². The Hall–Kier alpha value is -1.52. The fourth-order valence-electron chi connectivity index (χ4n) is 1.21. The zero-order chi connectivity index (χ0) is 10.7. The van der Waals surface area contributed by atoms with Crippen molar-refractivity contribution in [3.05, 3.63) is 45.5 Å². The third kappa shape index (κ3) is 2.48. The van der Waals surface area contributed by atoms with Gasteiger partial charge in [0, 0.05) is 16.4 Å². The van der Waals surface area contributed by atoms with Gasteiger partial charge in [-0.1, -0.05) is 6.92 Å². The summed E-state index contributed by atoms with van der Waals surface area (Å²) in [6, 6.07) is 2.95. The van der Waals surface area contributed by atoms with Gasteiger partial charge in [0.2, 0.25) is 6.54 Å². The van der Waals surface area contributed by atoms with Gasteiger partial charge in [-0.2, -0.15) is 0 Å². The summed E-state index contributed by atoms with van der Waals surface area (Å²) in [5.74, 6) is -1.82. The van der Waals surface area contributed by atoms with Gasteiger partial charge in [-0.25, -0.2) is 8.78 Å². The Morgan fingerprint density at radius 1 is 1.50 bits per heavy atom. The highest BCUT2D eigenvalue weighted by molar-refractivity contribution is 5.22.